The van der Waals surface area contributed by atoms with Crippen molar-refractivity contribution >= 4 is 58.2 Å². The normalized spacial score (nSPS) is 20.5. The van der Waals surface area contributed by atoms with Crippen LogP contribution in [0.25, 0.3) is 11.1 Å². The molecule has 2 aliphatic carbocycles. The fourth-order valence-electron chi connectivity index (χ4n) is 4.32. The molecule has 3 heterocycles. The fourth-order valence-corrected chi connectivity index (χ4v) is 7.62. The van der Waals surface area contributed by atoms with E-state index in [1.807, 2.05) is 28.7 Å². The summed E-state index contributed by atoms with van der Waals surface area (Å²) < 4.78 is 45.8. The maximum atomic E-state index is 13.2. The molecule has 0 radical (unpaired) electrons. The van der Waals surface area contributed by atoms with E-state index in [4.69, 9.17) is 15.9 Å². The molecule has 1 unspecified atom stereocenters. The van der Waals surface area contributed by atoms with E-state index >= 15 is 0 Å². The van der Waals surface area contributed by atoms with Gasteiger partial charge in [-0.15, -0.1) is 0 Å². The number of aromatic nitrogens is 2. The molecule has 7 nitrogen and oxygen atoms in total. The summed E-state index contributed by atoms with van der Waals surface area (Å²) >= 11 is 0.500. The van der Waals surface area contributed by atoms with Crippen molar-refractivity contribution in [3.63, 3.8) is 0 Å². The van der Waals surface area contributed by atoms with Gasteiger partial charge in [-0.25, -0.2) is 0 Å². The molecule has 3 N–H and O–H groups in total. The van der Waals surface area contributed by atoms with Gasteiger partial charge in [0.15, 0.2) is 0 Å². The van der Waals surface area contributed by atoms with Crippen LogP contribution in [0.15, 0.2) is 23.1 Å². The Morgan fingerprint density at radius 1 is 1.30 bits per heavy atom. The van der Waals surface area contributed by atoms with Gasteiger partial charge in [0.25, 0.3) is 0 Å². The summed E-state index contributed by atoms with van der Waals surface area (Å²) in [7, 11) is -1.04. The van der Waals surface area contributed by atoms with Gasteiger partial charge in [0.1, 0.15) is 0 Å². The molecule has 0 amide bonds. The molecular formula is C25H32F2N6OS2Se. The number of pyridine rings is 1. The standard InChI is InChI=1S/C25H32F2N6OS2Se/c1-14(2)36(34)32-10-6-15(7-11-32)18-12-17(35-31-25(3)8-9-25)13-19-20(23(28)37-24(29)22(26)27)21(16-4-5-16)30-33(18)19/h6,12-14,16,22,28-29,31H,4-5,7-11H2,1-3H3. The Bertz CT molecular complexity index is 1300. The molecule has 0 aromatic carbocycles. The molecule has 0 bridgehead atoms. The van der Waals surface area contributed by atoms with Gasteiger partial charge in [-0.3, -0.25) is 0 Å². The number of halogens is 2. The van der Waals surface area contributed by atoms with Gasteiger partial charge in [0.2, 0.25) is 0 Å². The minimum absolute atomic E-state index is 0.0610. The summed E-state index contributed by atoms with van der Waals surface area (Å²) in [6, 6.07) is 4.11. The van der Waals surface area contributed by atoms with Gasteiger partial charge < -0.3 is 0 Å². The van der Waals surface area contributed by atoms with E-state index < -0.39 is 37.0 Å². The summed E-state index contributed by atoms with van der Waals surface area (Å²) in [5.41, 5.74) is 4.30. The summed E-state index contributed by atoms with van der Waals surface area (Å²) in [5.74, 6) is 0.225. The first-order chi connectivity index (χ1) is 17.6. The van der Waals surface area contributed by atoms with Crippen LogP contribution in [-0.2, 0) is 11.0 Å². The third kappa shape index (κ3) is 5.94. The quantitative estimate of drug-likeness (QED) is 0.193. The van der Waals surface area contributed by atoms with E-state index in [9.17, 15) is 13.0 Å². The average molecular weight is 614 g/mol. The number of alkyl halides is 2. The van der Waals surface area contributed by atoms with Crippen LogP contribution in [-0.4, -0.2) is 72.6 Å². The molecule has 2 saturated carbocycles. The Morgan fingerprint density at radius 3 is 2.59 bits per heavy atom. The Labute approximate surface area is 229 Å². The van der Waals surface area contributed by atoms with Crippen LogP contribution in [0.1, 0.15) is 75.7 Å². The van der Waals surface area contributed by atoms with Crippen molar-refractivity contribution in [1.29, 1.82) is 10.8 Å². The van der Waals surface area contributed by atoms with E-state index in [1.54, 1.807) is 11.9 Å². The van der Waals surface area contributed by atoms with E-state index in [2.05, 4.69) is 23.8 Å². The topological polar surface area (TPSA) is 97.3 Å². The predicted octanol–water partition coefficient (Wildman–Crippen LogP) is 4.79. The number of nitrogens with zero attached hydrogens (tertiary/aromatic N) is 3. The summed E-state index contributed by atoms with van der Waals surface area (Å²) in [5, 5.41) is 21.5. The second-order valence-electron chi connectivity index (χ2n) is 10.5. The first-order valence-electron chi connectivity index (χ1n) is 12.6. The Kier molecular flexibility index (Phi) is 7.79. The SMILES string of the molecule is CC(C)S(=O)N1CC=C(c2cc(SNC3(C)CC3)cc3c(C(=N)[Se]C(=N)C(F)F)c(C4CC4)nn23)CC1. The van der Waals surface area contributed by atoms with Gasteiger partial charge >= 0.3 is 230 Å². The molecule has 37 heavy (non-hydrogen) atoms. The van der Waals surface area contributed by atoms with Crippen LogP contribution in [0.3, 0.4) is 0 Å². The number of rotatable bonds is 11. The van der Waals surface area contributed by atoms with Crippen LogP contribution in [0.2, 0.25) is 0 Å². The van der Waals surface area contributed by atoms with E-state index in [1.165, 1.54) is 0 Å². The molecule has 200 valence electrons. The van der Waals surface area contributed by atoms with Crippen molar-refractivity contribution in [2.45, 2.75) is 80.9 Å². The third-order valence-electron chi connectivity index (χ3n) is 6.91. The first-order valence-corrected chi connectivity index (χ1v) is 16.3. The van der Waals surface area contributed by atoms with Gasteiger partial charge in [0, 0.05) is 0 Å². The first kappa shape index (κ1) is 27.1. The van der Waals surface area contributed by atoms with E-state index in [0.717, 1.165) is 59.5 Å². The molecule has 1 aliphatic heterocycles. The van der Waals surface area contributed by atoms with Crippen LogP contribution in [0, 0.1) is 10.8 Å². The third-order valence-corrected chi connectivity index (χ3v) is 11.3. The molecule has 2 fully saturated rings. The summed E-state index contributed by atoms with van der Waals surface area (Å²) in [4.78, 5) is 0.984. The van der Waals surface area contributed by atoms with E-state index in [0.29, 0.717) is 18.7 Å². The van der Waals surface area contributed by atoms with Crippen molar-refractivity contribution in [3.05, 3.63) is 35.2 Å². The zero-order valence-electron chi connectivity index (χ0n) is 21.1. The van der Waals surface area contributed by atoms with Crippen LogP contribution < -0.4 is 4.72 Å². The number of nitrogens with one attached hydrogen (secondary N) is 3. The monoisotopic (exact) mass is 614 g/mol. The predicted molar refractivity (Wildman–Crippen MR) is 148 cm³/mol. The minimum atomic E-state index is -2.84. The van der Waals surface area contributed by atoms with Crippen molar-refractivity contribution in [2.75, 3.05) is 13.1 Å². The van der Waals surface area contributed by atoms with Crippen LogP contribution in [0.5, 0.6) is 0 Å². The fraction of sp³-hybridized carbons (Fsp3) is 0.560. The molecule has 0 spiro atoms. The second kappa shape index (κ2) is 10.6. The van der Waals surface area contributed by atoms with Crippen LogP contribution in [0.4, 0.5) is 8.78 Å². The number of hydrogen-bond acceptors (Lipinski definition) is 6. The van der Waals surface area contributed by atoms with Crippen LogP contribution >= 0.6 is 11.9 Å². The zero-order chi connectivity index (χ0) is 26.5. The molecule has 2 aromatic heterocycles. The second-order valence-corrected chi connectivity index (χ2v) is 15.6. The van der Waals surface area contributed by atoms with Crippen molar-refractivity contribution < 1.29 is 13.0 Å². The van der Waals surface area contributed by atoms with Gasteiger partial charge in [0.05, 0.1) is 0 Å². The molecule has 12 heteroatoms. The Hall–Kier alpha value is -1.43. The summed E-state index contributed by atoms with van der Waals surface area (Å²) in [6.07, 6.45) is 4.17. The number of hydrogen-bond donors (Lipinski definition) is 3. The van der Waals surface area contributed by atoms with Crippen molar-refractivity contribution in [3.8, 4) is 0 Å². The maximum absolute atomic E-state index is 13.2. The molecular weight excluding hydrogens is 581 g/mol. The Balaban J connectivity index is 1.57. The molecule has 3 aliphatic rings. The van der Waals surface area contributed by atoms with Gasteiger partial charge in [-0.1, -0.05) is 0 Å². The molecule has 5 rings (SSSR count). The van der Waals surface area contributed by atoms with Crippen molar-refractivity contribution in [1.82, 2.24) is 18.6 Å². The van der Waals surface area contributed by atoms with Crippen molar-refractivity contribution in [2.24, 2.45) is 0 Å². The number of fused-ring (bicyclic) bond motifs is 1. The molecule has 1 atom stereocenters. The van der Waals surface area contributed by atoms with Gasteiger partial charge in [-0.05, 0) is 0 Å². The zero-order valence-corrected chi connectivity index (χ0v) is 24.5. The molecule has 2 aromatic rings. The van der Waals surface area contributed by atoms with Gasteiger partial charge in [-0.2, -0.15) is 0 Å². The molecule has 0 saturated heterocycles. The summed E-state index contributed by atoms with van der Waals surface area (Å²) in [6.45, 7) is 7.38. The average Bonchev–Trinajstić information content (AvgIpc) is 3.80. The Morgan fingerprint density at radius 2 is 2.03 bits per heavy atom. The van der Waals surface area contributed by atoms with E-state index in [-0.39, 0.29) is 21.3 Å².